The van der Waals surface area contributed by atoms with Gasteiger partial charge in [-0.2, -0.15) is 0 Å². The maximum absolute atomic E-state index is 11.5. The first-order valence-electron chi connectivity index (χ1n) is 7.92. The van der Waals surface area contributed by atoms with Crippen LogP contribution in [0.15, 0.2) is 0 Å². The minimum atomic E-state index is -0.0185. The van der Waals surface area contributed by atoms with Crippen molar-refractivity contribution in [1.29, 1.82) is 0 Å². The zero-order valence-corrected chi connectivity index (χ0v) is 13.5. The third-order valence-corrected chi connectivity index (χ3v) is 3.22. The molecule has 0 heterocycles. The molecule has 0 amide bonds. The summed E-state index contributed by atoms with van der Waals surface area (Å²) in [7, 11) is 6.46. The largest absolute Gasteiger partial charge is 0.465 e. The molecular formula is C16H34NO2+. The van der Waals surface area contributed by atoms with Crippen molar-refractivity contribution in [2.24, 2.45) is 0 Å². The zero-order valence-electron chi connectivity index (χ0n) is 13.5. The molecule has 19 heavy (non-hydrogen) atoms. The molecule has 0 unspecified atom stereocenters. The molecule has 114 valence electrons. The van der Waals surface area contributed by atoms with Crippen LogP contribution in [0.2, 0.25) is 0 Å². The van der Waals surface area contributed by atoms with Crippen molar-refractivity contribution in [2.75, 3.05) is 34.3 Å². The third kappa shape index (κ3) is 15.4. The van der Waals surface area contributed by atoms with Crippen LogP contribution in [0.3, 0.4) is 0 Å². The Morgan fingerprint density at radius 2 is 1.47 bits per heavy atom. The van der Waals surface area contributed by atoms with Gasteiger partial charge >= 0.3 is 5.97 Å². The number of nitrogens with zero attached hydrogens (tertiary/aromatic N) is 1. The summed E-state index contributed by atoms with van der Waals surface area (Å²) in [6.45, 7) is 3.85. The van der Waals surface area contributed by atoms with Crippen molar-refractivity contribution < 1.29 is 14.0 Å². The first-order valence-corrected chi connectivity index (χ1v) is 7.92. The highest BCUT2D eigenvalue weighted by Gasteiger charge is 2.07. The average Bonchev–Trinajstić information content (AvgIpc) is 2.32. The van der Waals surface area contributed by atoms with Gasteiger partial charge in [-0.05, 0) is 6.42 Å². The van der Waals surface area contributed by atoms with Crippen LogP contribution in [0, 0.1) is 0 Å². The number of unbranched alkanes of at least 4 members (excludes halogenated alkanes) is 6. The Kier molecular flexibility index (Phi) is 10.9. The van der Waals surface area contributed by atoms with E-state index in [1.807, 2.05) is 0 Å². The molecule has 0 spiro atoms. The average molecular weight is 272 g/mol. The molecule has 3 nitrogen and oxygen atoms in total. The second-order valence-electron chi connectivity index (χ2n) is 6.46. The smallest absolute Gasteiger partial charge is 0.305 e. The molecule has 0 atom stereocenters. The highest BCUT2D eigenvalue weighted by molar-refractivity contribution is 5.69. The molecule has 0 aromatic heterocycles. The van der Waals surface area contributed by atoms with E-state index < -0.39 is 0 Å². The van der Waals surface area contributed by atoms with Crippen LogP contribution in [0.5, 0.6) is 0 Å². The van der Waals surface area contributed by atoms with Gasteiger partial charge in [-0.15, -0.1) is 0 Å². The molecule has 0 aromatic carbocycles. The van der Waals surface area contributed by atoms with Gasteiger partial charge in [0, 0.05) is 12.8 Å². The van der Waals surface area contributed by atoms with Crippen molar-refractivity contribution in [2.45, 2.75) is 64.7 Å². The fourth-order valence-corrected chi connectivity index (χ4v) is 2.02. The van der Waals surface area contributed by atoms with Gasteiger partial charge in [-0.25, -0.2) is 0 Å². The zero-order chi connectivity index (χ0) is 14.6. The van der Waals surface area contributed by atoms with Crippen LogP contribution in [0.1, 0.15) is 64.7 Å². The predicted octanol–water partition coefficient (Wildman–Crippen LogP) is 3.77. The van der Waals surface area contributed by atoms with Crippen LogP contribution in [-0.4, -0.2) is 44.7 Å². The van der Waals surface area contributed by atoms with Crippen LogP contribution < -0.4 is 0 Å². The van der Waals surface area contributed by atoms with E-state index >= 15 is 0 Å². The molecule has 0 aliphatic heterocycles. The number of esters is 1. The van der Waals surface area contributed by atoms with Crippen LogP contribution in [0.4, 0.5) is 0 Å². The van der Waals surface area contributed by atoms with Crippen molar-refractivity contribution in [3.05, 3.63) is 0 Å². The Hall–Kier alpha value is -0.570. The lowest BCUT2D eigenvalue weighted by molar-refractivity contribution is -0.870. The minimum Gasteiger partial charge on any atom is -0.465 e. The standard InChI is InChI=1S/C16H34NO2/c1-5-6-7-8-9-10-11-13-16(18)19-15-12-14-17(2,3)4/h5-15H2,1-4H3/q+1. The predicted molar refractivity (Wildman–Crippen MR) is 81.1 cm³/mol. The van der Waals surface area contributed by atoms with Crippen molar-refractivity contribution >= 4 is 5.97 Å². The van der Waals surface area contributed by atoms with E-state index in [2.05, 4.69) is 28.1 Å². The first kappa shape index (κ1) is 18.4. The fourth-order valence-electron chi connectivity index (χ4n) is 2.02. The lowest BCUT2D eigenvalue weighted by atomic mass is 10.1. The van der Waals surface area contributed by atoms with Gasteiger partial charge < -0.3 is 9.22 Å². The topological polar surface area (TPSA) is 26.3 Å². The van der Waals surface area contributed by atoms with Crippen molar-refractivity contribution in [1.82, 2.24) is 0 Å². The van der Waals surface area contributed by atoms with E-state index in [9.17, 15) is 4.79 Å². The van der Waals surface area contributed by atoms with Gasteiger partial charge in [0.05, 0.1) is 34.3 Å². The number of carbonyl (C=O) groups is 1. The molecule has 0 saturated heterocycles. The van der Waals surface area contributed by atoms with Crippen LogP contribution in [-0.2, 0) is 9.53 Å². The quantitative estimate of drug-likeness (QED) is 0.307. The van der Waals surface area contributed by atoms with E-state index in [-0.39, 0.29) is 5.97 Å². The number of hydrogen-bond acceptors (Lipinski definition) is 2. The molecule has 0 aliphatic rings. The molecule has 0 aliphatic carbocycles. The Balaban J connectivity index is 3.26. The first-order chi connectivity index (χ1) is 8.95. The van der Waals surface area contributed by atoms with Crippen LogP contribution in [0.25, 0.3) is 0 Å². The summed E-state index contributed by atoms with van der Waals surface area (Å²) in [5, 5.41) is 0. The van der Waals surface area contributed by atoms with Crippen molar-refractivity contribution in [3.8, 4) is 0 Å². The molecule has 0 N–H and O–H groups in total. The summed E-state index contributed by atoms with van der Waals surface area (Å²) in [6.07, 6.45) is 10.2. The number of rotatable bonds is 12. The maximum atomic E-state index is 11.5. The number of carbonyl (C=O) groups excluding carboxylic acids is 1. The van der Waals surface area contributed by atoms with E-state index in [4.69, 9.17) is 4.74 Å². The minimum absolute atomic E-state index is 0.0185. The number of quaternary nitrogens is 1. The Bertz CT molecular complexity index is 221. The van der Waals surface area contributed by atoms with Gasteiger partial charge in [0.25, 0.3) is 0 Å². The Morgan fingerprint density at radius 1 is 0.895 bits per heavy atom. The van der Waals surface area contributed by atoms with Gasteiger partial charge in [0.1, 0.15) is 0 Å². The molecule has 0 saturated carbocycles. The summed E-state index contributed by atoms with van der Waals surface area (Å²) in [5.74, 6) is -0.0185. The molecule has 0 bridgehead atoms. The van der Waals surface area contributed by atoms with E-state index in [1.165, 1.54) is 32.1 Å². The van der Waals surface area contributed by atoms with Gasteiger partial charge in [-0.3, -0.25) is 4.79 Å². The second-order valence-corrected chi connectivity index (χ2v) is 6.46. The molecule has 3 heteroatoms. The summed E-state index contributed by atoms with van der Waals surface area (Å²) >= 11 is 0. The lowest BCUT2D eigenvalue weighted by Gasteiger charge is -2.23. The number of hydrogen-bond donors (Lipinski definition) is 0. The summed E-state index contributed by atoms with van der Waals surface area (Å²) in [4.78, 5) is 11.5. The van der Waals surface area contributed by atoms with Crippen molar-refractivity contribution in [3.63, 3.8) is 0 Å². The molecule has 0 rings (SSSR count). The van der Waals surface area contributed by atoms with E-state index in [0.29, 0.717) is 13.0 Å². The normalized spacial score (nSPS) is 11.6. The SMILES string of the molecule is CCCCCCCCCC(=O)OCCC[N+](C)(C)C. The lowest BCUT2D eigenvalue weighted by Crippen LogP contribution is -2.35. The highest BCUT2D eigenvalue weighted by Crippen LogP contribution is 2.08. The summed E-state index contributed by atoms with van der Waals surface area (Å²) in [5.41, 5.74) is 0. The monoisotopic (exact) mass is 272 g/mol. The van der Waals surface area contributed by atoms with Gasteiger partial charge in [-0.1, -0.05) is 45.4 Å². The molecular weight excluding hydrogens is 238 g/mol. The fraction of sp³-hybridized carbons (Fsp3) is 0.938. The molecule has 0 fully saturated rings. The Morgan fingerprint density at radius 3 is 2.05 bits per heavy atom. The second kappa shape index (κ2) is 11.3. The van der Waals surface area contributed by atoms with Gasteiger partial charge in [0.15, 0.2) is 0 Å². The number of ether oxygens (including phenoxy) is 1. The van der Waals surface area contributed by atoms with Gasteiger partial charge in [0.2, 0.25) is 0 Å². The third-order valence-electron chi connectivity index (χ3n) is 3.22. The van der Waals surface area contributed by atoms with Crippen LogP contribution >= 0.6 is 0 Å². The maximum Gasteiger partial charge on any atom is 0.305 e. The van der Waals surface area contributed by atoms with E-state index in [0.717, 1.165) is 30.3 Å². The molecule has 0 radical (unpaired) electrons. The summed E-state index contributed by atoms with van der Waals surface area (Å²) < 4.78 is 6.16. The summed E-state index contributed by atoms with van der Waals surface area (Å²) in [6, 6.07) is 0. The molecule has 0 aromatic rings. The Labute approximate surface area is 119 Å². The van der Waals surface area contributed by atoms with E-state index in [1.54, 1.807) is 0 Å². The highest BCUT2D eigenvalue weighted by atomic mass is 16.5.